The number of hydrogen-bond acceptors (Lipinski definition) is 2. The van der Waals surface area contributed by atoms with Gasteiger partial charge in [-0.3, -0.25) is 9.88 Å². The molecule has 0 amide bonds. The van der Waals surface area contributed by atoms with Crippen LogP contribution in [0.4, 0.5) is 0 Å². The summed E-state index contributed by atoms with van der Waals surface area (Å²) in [6, 6.07) is 11.0. The third-order valence-corrected chi connectivity index (χ3v) is 5.48. The molecule has 3 aromatic rings. The first-order chi connectivity index (χ1) is 11.6. The summed E-state index contributed by atoms with van der Waals surface area (Å²) < 4.78 is 2.50. The zero-order valence-corrected chi connectivity index (χ0v) is 14.9. The molecule has 3 heterocycles. The summed E-state index contributed by atoms with van der Waals surface area (Å²) in [5.41, 5.74) is 5.50. The number of rotatable bonds is 3. The van der Waals surface area contributed by atoms with E-state index in [4.69, 9.17) is 11.6 Å². The van der Waals surface area contributed by atoms with E-state index in [1.165, 1.54) is 27.7 Å². The summed E-state index contributed by atoms with van der Waals surface area (Å²) in [6.45, 7) is 4.28. The zero-order chi connectivity index (χ0) is 16.7. The van der Waals surface area contributed by atoms with Gasteiger partial charge in [-0.25, -0.2) is 0 Å². The Morgan fingerprint density at radius 2 is 2.17 bits per heavy atom. The average molecular weight is 340 g/mol. The van der Waals surface area contributed by atoms with Crippen molar-refractivity contribution in [2.75, 3.05) is 7.05 Å². The van der Waals surface area contributed by atoms with Crippen molar-refractivity contribution in [1.29, 1.82) is 0 Å². The van der Waals surface area contributed by atoms with Crippen LogP contribution in [-0.4, -0.2) is 27.5 Å². The quantitative estimate of drug-likeness (QED) is 0.709. The van der Waals surface area contributed by atoms with Crippen molar-refractivity contribution in [3.63, 3.8) is 0 Å². The first-order valence-corrected chi connectivity index (χ1v) is 8.90. The summed E-state index contributed by atoms with van der Waals surface area (Å²) in [5.74, 6) is 0. The van der Waals surface area contributed by atoms with Gasteiger partial charge in [0.25, 0.3) is 0 Å². The van der Waals surface area contributed by atoms with Gasteiger partial charge in [-0.2, -0.15) is 0 Å². The molecule has 124 valence electrons. The van der Waals surface area contributed by atoms with Crippen LogP contribution >= 0.6 is 11.6 Å². The molecule has 0 bridgehead atoms. The molecule has 1 unspecified atom stereocenters. The molecular weight excluding hydrogens is 318 g/mol. The molecule has 1 aliphatic heterocycles. The van der Waals surface area contributed by atoms with Gasteiger partial charge in [-0.1, -0.05) is 17.7 Å². The first kappa shape index (κ1) is 15.7. The van der Waals surface area contributed by atoms with E-state index in [0.29, 0.717) is 6.04 Å². The largest absolute Gasteiger partial charge is 0.344 e. The molecule has 4 heteroatoms. The Kier molecular flexibility index (Phi) is 4.07. The van der Waals surface area contributed by atoms with Crippen LogP contribution in [0.15, 0.2) is 42.7 Å². The third kappa shape index (κ3) is 2.72. The number of halogens is 1. The standard InChI is InChI=1S/C20H22ClN3/c1-14-10-20-18(13-23(14)2)17-11-16(21)5-6-19(17)24(20)9-7-15-4-3-8-22-12-15/h3-6,8,11-12,14H,7,9-10,13H2,1-2H3. The number of aromatic nitrogens is 2. The summed E-state index contributed by atoms with van der Waals surface area (Å²) in [6.07, 6.45) is 5.88. The molecule has 1 aliphatic rings. The van der Waals surface area contributed by atoms with Crippen LogP contribution in [0.25, 0.3) is 10.9 Å². The Labute approximate surface area is 147 Å². The van der Waals surface area contributed by atoms with Crippen molar-refractivity contribution in [3.8, 4) is 0 Å². The second-order valence-corrected chi connectivity index (χ2v) is 7.25. The molecule has 0 N–H and O–H groups in total. The van der Waals surface area contributed by atoms with Gasteiger partial charge in [0.05, 0.1) is 0 Å². The minimum Gasteiger partial charge on any atom is -0.344 e. The maximum atomic E-state index is 6.28. The number of fused-ring (bicyclic) bond motifs is 3. The van der Waals surface area contributed by atoms with E-state index in [1.807, 2.05) is 24.5 Å². The van der Waals surface area contributed by atoms with Gasteiger partial charge in [0.2, 0.25) is 0 Å². The summed E-state index contributed by atoms with van der Waals surface area (Å²) in [7, 11) is 2.21. The third-order valence-electron chi connectivity index (χ3n) is 5.24. The lowest BCUT2D eigenvalue weighted by Crippen LogP contribution is -2.35. The first-order valence-electron chi connectivity index (χ1n) is 8.52. The van der Waals surface area contributed by atoms with E-state index in [1.54, 1.807) is 0 Å². The van der Waals surface area contributed by atoms with Crippen LogP contribution in [0.1, 0.15) is 23.7 Å². The summed E-state index contributed by atoms with van der Waals surface area (Å²) >= 11 is 6.28. The molecule has 1 atom stereocenters. The fraction of sp³-hybridized carbons (Fsp3) is 0.350. The Morgan fingerprint density at radius 3 is 2.96 bits per heavy atom. The molecule has 1 aromatic carbocycles. The van der Waals surface area contributed by atoms with Gasteiger partial charge in [0.15, 0.2) is 0 Å². The number of pyridine rings is 1. The Balaban J connectivity index is 1.78. The SMILES string of the molecule is CC1Cc2c(c3cc(Cl)ccc3n2CCc2cccnc2)CN1C. The van der Waals surface area contributed by atoms with Gasteiger partial charge in [-0.15, -0.1) is 0 Å². The fourth-order valence-electron chi connectivity index (χ4n) is 3.74. The van der Waals surface area contributed by atoms with E-state index < -0.39 is 0 Å². The highest BCUT2D eigenvalue weighted by Gasteiger charge is 2.26. The van der Waals surface area contributed by atoms with Crippen LogP contribution in [0.5, 0.6) is 0 Å². The average Bonchev–Trinajstić information content (AvgIpc) is 2.87. The van der Waals surface area contributed by atoms with Gasteiger partial charge in [0, 0.05) is 59.6 Å². The summed E-state index contributed by atoms with van der Waals surface area (Å²) in [4.78, 5) is 6.66. The van der Waals surface area contributed by atoms with E-state index in [0.717, 1.165) is 31.0 Å². The van der Waals surface area contributed by atoms with Crippen molar-refractivity contribution in [1.82, 2.24) is 14.5 Å². The van der Waals surface area contributed by atoms with Crippen molar-refractivity contribution in [2.45, 2.75) is 38.9 Å². The Hall–Kier alpha value is -1.84. The molecule has 0 fully saturated rings. The predicted molar refractivity (Wildman–Crippen MR) is 99.5 cm³/mol. The highest BCUT2D eigenvalue weighted by atomic mass is 35.5. The molecule has 0 saturated heterocycles. The van der Waals surface area contributed by atoms with Gasteiger partial charge in [-0.05, 0) is 55.8 Å². The molecule has 24 heavy (non-hydrogen) atoms. The van der Waals surface area contributed by atoms with Crippen LogP contribution in [0.2, 0.25) is 5.02 Å². The molecule has 2 aromatic heterocycles. The van der Waals surface area contributed by atoms with E-state index in [9.17, 15) is 0 Å². The fourth-order valence-corrected chi connectivity index (χ4v) is 3.91. The normalized spacial score (nSPS) is 18.0. The maximum Gasteiger partial charge on any atom is 0.0487 e. The highest BCUT2D eigenvalue weighted by Crippen LogP contribution is 2.34. The monoisotopic (exact) mass is 339 g/mol. The van der Waals surface area contributed by atoms with Crippen LogP contribution in [0, 0.1) is 0 Å². The van der Waals surface area contributed by atoms with E-state index in [2.05, 4.69) is 46.6 Å². The van der Waals surface area contributed by atoms with Crippen molar-refractivity contribution < 1.29 is 0 Å². The lowest BCUT2D eigenvalue weighted by atomic mass is 10.00. The number of nitrogens with zero attached hydrogens (tertiary/aromatic N) is 3. The number of likely N-dealkylation sites (N-methyl/N-ethyl adjacent to an activating group) is 1. The lowest BCUT2D eigenvalue weighted by Gasteiger charge is -2.31. The van der Waals surface area contributed by atoms with Crippen molar-refractivity contribution in [2.24, 2.45) is 0 Å². The number of aryl methyl sites for hydroxylation is 2. The maximum absolute atomic E-state index is 6.28. The molecule has 0 aliphatic carbocycles. The highest BCUT2D eigenvalue weighted by molar-refractivity contribution is 6.31. The van der Waals surface area contributed by atoms with E-state index in [-0.39, 0.29) is 0 Å². The van der Waals surface area contributed by atoms with Crippen LogP contribution in [-0.2, 0) is 25.9 Å². The molecular formula is C20H22ClN3. The van der Waals surface area contributed by atoms with Gasteiger partial charge >= 0.3 is 0 Å². The van der Waals surface area contributed by atoms with E-state index >= 15 is 0 Å². The molecule has 3 nitrogen and oxygen atoms in total. The zero-order valence-electron chi connectivity index (χ0n) is 14.2. The topological polar surface area (TPSA) is 21.1 Å². The van der Waals surface area contributed by atoms with Crippen LogP contribution in [0.3, 0.4) is 0 Å². The van der Waals surface area contributed by atoms with Gasteiger partial charge < -0.3 is 4.57 Å². The number of hydrogen-bond donors (Lipinski definition) is 0. The predicted octanol–water partition coefficient (Wildman–Crippen LogP) is 4.31. The molecule has 4 rings (SSSR count). The minimum atomic E-state index is 0.564. The number of benzene rings is 1. The van der Waals surface area contributed by atoms with Crippen LogP contribution < -0.4 is 0 Å². The molecule has 0 saturated carbocycles. The summed E-state index contributed by atoms with van der Waals surface area (Å²) in [5, 5.41) is 2.12. The second-order valence-electron chi connectivity index (χ2n) is 6.82. The second kappa shape index (κ2) is 6.23. The molecule has 0 spiro atoms. The smallest absolute Gasteiger partial charge is 0.0487 e. The lowest BCUT2D eigenvalue weighted by molar-refractivity contribution is 0.228. The van der Waals surface area contributed by atoms with Crippen molar-refractivity contribution in [3.05, 3.63) is 64.6 Å². The minimum absolute atomic E-state index is 0.564. The Morgan fingerprint density at radius 1 is 1.29 bits per heavy atom. The molecule has 0 radical (unpaired) electrons. The Bertz CT molecular complexity index is 869. The van der Waals surface area contributed by atoms with Gasteiger partial charge in [0.1, 0.15) is 0 Å². The van der Waals surface area contributed by atoms with Crippen molar-refractivity contribution >= 4 is 22.5 Å².